The molecule has 0 radical (unpaired) electrons. The van der Waals surface area contributed by atoms with Crippen LogP contribution in [0.5, 0.6) is 0 Å². The summed E-state index contributed by atoms with van der Waals surface area (Å²) in [4.78, 5) is 20.6. The van der Waals surface area contributed by atoms with Gasteiger partial charge < -0.3 is 9.84 Å². The molecule has 1 amide bonds. The molecule has 0 aliphatic rings. The van der Waals surface area contributed by atoms with Crippen LogP contribution in [0.3, 0.4) is 0 Å². The molecule has 3 aromatic rings. The minimum Gasteiger partial charge on any atom is -0.350 e. The highest BCUT2D eigenvalue weighted by molar-refractivity contribution is 9.10. The van der Waals surface area contributed by atoms with Crippen LogP contribution in [0.2, 0.25) is 0 Å². The highest BCUT2D eigenvalue weighted by Crippen LogP contribution is 2.18. The van der Waals surface area contributed by atoms with Gasteiger partial charge in [-0.2, -0.15) is 4.98 Å². The fourth-order valence-corrected chi connectivity index (χ4v) is 2.77. The van der Waals surface area contributed by atoms with Crippen molar-refractivity contribution >= 4 is 21.8 Å². The second kappa shape index (κ2) is 8.02. The fraction of sp³-hybridized carbons (Fsp3) is 0.222. The summed E-state index contributed by atoms with van der Waals surface area (Å²) in [6.07, 6.45) is 2.33. The molecule has 0 saturated carbocycles. The summed E-state index contributed by atoms with van der Waals surface area (Å²) in [5.74, 6) is 0.787. The van der Waals surface area contributed by atoms with E-state index in [0.717, 1.165) is 10.0 Å². The van der Waals surface area contributed by atoms with Crippen LogP contribution >= 0.6 is 15.9 Å². The normalized spacial score (nSPS) is 11.9. The number of pyridine rings is 1. The van der Waals surface area contributed by atoms with Gasteiger partial charge in [0, 0.05) is 23.5 Å². The van der Waals surface area contributed by atoms with Gasteiger partial charge in [0.15, 0.2) is 0 Å². The minimum absolute atomic E-state index is 0.0648. The van der Waals surface area contributed by atoms with Crippen molar-refractivity contribution in [1.29, 1.82) is 0 Å². The average molecular weight is 401 g/mol. The number of aryl methyl sites for hydroxylation is 1. The Balaban J connectivity index is 1.53. The molecule has 2 aromatic heterocycles. The molecule has 25 heavy (non-hydrogen) atoms. The summed E-state index contributed by atoms with van der Waals surface area (Å²) >= 11 is 3.43. The van der Waals surface area contributed by atoms with E-state index in [1.54, 1.807) is 12.3 Å². The van der Waals surface area contributed by atoms with E-state index in [0.29, 0.717) is 23.8 Å². The number of carbonyl (C=O) groups excluding carboxylic acids is 1. The van der Waals surface area contributed by atoms with Crippen LogP contribution in [0.1, 0.15) is 30.8 Å². The zero-order valence-electron chi connectivity index (χ0n) is 13.6. The number of amides is 1. The van der Waals surface area contributed by atoms with Gasteiger partial charge in [0.05, 0.1) is 6.04 Å². The fourth-order valence-electron chi connectivity index (χ4n) is 2.35. The molecule has 0 aliphatic carbocycles. The van der Waals surface area contributed by atoms with Gasteiger partial charge >= 0.3 is 0 Å². The summed E-state index contributed by atoms with van der Waals surface area (Å²) in [5.41, 5.74) is 1.68. The minimum atomic E-state index is -0.0724. The van der Waals surface area contributed by atoms with Gasteiger partial charge in [-0.05, 0) is 36.8 Å². The maximum Gasteiger partial charge on any atom is 0.227 e. The summed E-state index contributed by atoms with van der Waals surface area (Å²) < 4.78 is 6.17. The van der Waals surface area contributed by atoms with Crippen molar-refractivity contribution in [3.05, 3.63) is 64.6 Å². The Morgan fingerprint density at radius 2 is 2.16 bits per heavy atom. The molecule has 0 spiro atoms. The molecule has 0 aliphatic heterocycles. The van der Waals surface area contributed by atoms with Crippen LogP contribution in [0, 0.1) is 0 Å². The maximum atomic E-state index is 12.1. The first kappa shape index (κ1) is 17.3. The largest absolute Gasteiger partial charge is 0.350 e. The molecule has 3 rings (SSSR count). The Morgan fingerprint density at radius 3 is 2.92 bits per heavy atom. The van der Waals surface area contributed by atoms with Crippen molar-refractivity contribution in [2.75, 3.05) is 0 Å². The molecule has 0 fully saturated rings. The molecule has 6 nitrogen and oxygen atoms in total. The Morgan fingerprint density at radius 1 is 1.28 bits per heavy atom. The lowest BCUT2D eigenvalue weighted by atomic mass is 10.1. The van der Waals surface area contributed by atoms with E-state index in [-0.39, 0.29) is 18.4 Å². The highest BCUT2D eigenvalue weighted by atomic mass is 79.9. The first-order chi connectivity index (χ1) is 12.1. The Hall–Kier alpha value is -2.54. The number of rotatable bonds is 6. The number of hydrogen-bond acceptors (Lipinski definition) is 5. The van der Waals surface area contributed by atoms with Gasteiger partial charge in [0.25, 0.3) is 0 Å². The second-order valence-corrected chi connectivity index (χ2v) is 6.49. The lowest BCUT2D eigenvalue weighted by Crippen LogP contribution is -2.26. The second-order valence-electron chi connectivity index (χ2n) is 5.57. The number of carbonyl (C=O) groups is 1. The van der Waals surface area contributed by atoms with Crippen LogP contribution in [-0.2, 0) is 11.2 Å². The first-order valence-electron chi connectivity index (χ1n) is 7.90. The van der Waals surface area contributed by atoms with Crippen LogP contribution in [0.15, 0.2) is 57.7 Å². The summed E-state index contributed by atoms with van der Waals surface area (Å²) in [7, 11) is 0. The topological polar surface area (TPSA) is 80.9 Å². The summed E-state index contributed by atoms with van der Waals surface area (Å²) in [6.45, 7) is 1.95. The van der Waals surface area contributed by atoms with Crippen molar-refractivity contribution in [2.24, 2.45) is 0 Å². The first-order valence-corrected chi connectivity index (χ1v) is 8.70. The van der Waals surface area contributed by atoms with Crippen molar-refractivity contribution in [1.82, 2.24) is 20.4 Å². The van der Waals surface area contributed by atoms with Crippen LogP contribution < -0.4 is 5.32 Å². The molecule has 1 atom stereocenters. The molecule has 0 saturated heterocycles. The number of aromatic nitrogens is 3. The quantitative estimate of drug-likeness (QED) is 0.681. The molecule has 128 valence electrons. The van der Waals surface area contributed by atoms with E-state index >= 15 is 0 Å². The van der Waals surface area contributed by atoms with E-state index < -0.39 is 0 Å². The third-order valence-corrected chi connectivity index (χ3v) is 4.15. The zero-order valence-corrected chi connectivity index (χ0v) is 15.2. The molecule has 1 aromatic carbocycles. The molecule has 1 N–H and O–H groups in total. The van der Waals surface area contributed by atoms with Gasteiger partial charge in [-0.1, -0.05) is 39.3 Å². The number of hydrogen-bond donors (Lipinski definition) is 1. The van der Waals surface area contributed by atoms with E-state index in [9.17, 15) is 4.79 Å². The molecular formula is C18H17BrN4O2. The van der Waals surface area contributed by atoms with E-state index in [4.69, 9.17) is 4.52 Å². The number of nitrogens with one attached hydrogen (secondary N) is 1. The third kappa shape index (κ3) is 4.73. The smallest absolute Gasteiger partial charge is 0.227 e. The van der Waals surface area contributed by atoms with Crippen LogP contribution in [0.25, 0.3) is 11.5 Å². The average Bonchev–Trinajstić information content (AvgIpc) is 3.10. The summed E-state index contributed by atoms with van der Waals surface area (Å²) in [6, 6.07) is 13.3. The van der Waals surface area contributed by atoms with E-state index in [1.165, 1.54) is 0 Å². The van der Waals surface area contributed by atoms with Crippen LogP contribution in [-0.4, -0.2) is 21.0 Å². The molecule has 2 heterocycles. The SMILES string of the molecule is C[C@@H](NC(=O)CCc1nc(-c2ccccn2)no1)c1cccc(Br)c1. The molecule has 0 unspecified atom stereocenters. The van der Waals surface area contributed by atoms with Gasteiger partial charge in [-0.25, -0.2) is 0 Å². The van der Waals surface area contributed by atoms with Crippen molar-refractivity contribution in [3.63, 3.8) is 0 Å². The lowest BCUT2D eigenvalue weighted by Gasteiger charge is -2.14. The van der Waals surface area contributed by atoms with Gasteiger partial charge in [0.2, 0.25) is 17.6 Å². The van der Waals surface area contributed by atoms with Crippen molar-refractivity contribution in [2.45, 2.75) is 25.8 Å². The third-order valence-electron chi connectivity index (χ3n) is 3.65. The molecule has 7 heteroatoms. The maximum absolute atomic E-state index is 12.1. The Bertz CT molecular complexity index is 851. The Labute approximate surface area is 153 Å². The monoisotopic (exact) mass is 400 g/mol. The lowest BCUT2D eigenvalue weighted by molar-refractivity contribution is -0.121. The standard InChI is InChI=1S/C18H17BrN4O2/c1-12(13-5-4-6-14(19)11-13)21-16(24)8-9-17-22-18(23-25-17)15-7-2-3-10-20-15/h2-7,10-12H,8-9H2,1H3,(H,21,24)/t12-/m1/s1. The number of halogens is 1. The summed E-state index contributed by atoms with van der Waals surface area (Å²) in [5, 5.41) is 6.87. The Kier molecular flexibility index (Phi) is 5.55. The predicted octanol–water partition coefficient (Wildman–Crippen LogP) is 3.70. The van der Waals surface area contributed by atoms with Gasteiger partial charge in [-0.3, -0.25) is 9.78 Å². The molecule has 0 bridgehead atoms. The number of benzene rings is 1. The van der Waals surface area contributed by atoms with E-state index in [1.807, 2.05) is 43.3 Å². The van der Waals surface area contributed by atoms with E-state index in [2.05, 4.69) is 36.4 Å². The zero-order chi connectivity index (χ0) is 17.6. The van der Waals surface area contributed by atoms with Gasteiger partial charge in [-0.15, -0.1) is 0 Å². The predicted molar refractivity (Wildman–Crippen MR) is 96.5 cm³/mol. The van der Waals surface area contributed by atoms with Crippen molar-refractivity contribution < 1.29 is 9.32 Å². The highest BCUT2D eigenvalue weighted by Gasteiger charge is 2.13. The van der Waals surface area contributed by atoms with Crippen molar-refractivity contribution in [3.8, 4) is 11.5 Å². The number of nitrogens with zero attached hydrogens (tertiary/aromatic N) is 3. The van der Waals surface area contributed by atoms with Crippen LogP contribution in [0.4, 0.5) is 0 Å². The van der Waals surface area contributed by atoms with Gasteiger partial charge in [0.1, 0.15) is 5.69 Å². The molecular weight excluding hydrogens is 384 g/mol.